The van der Waals surface area contributed by atoms with Gasteiger partial charge in [0.15, 0.2) is 9.84 Å². The molecule has 0 aromatic heterocycles. The van der Waals surface area contributed by atoms with E-state index in [1.54, 1.807) is 31.2 Å². The van der Waals surface area contributed by atoms with Gasteiger partial charge in [-0.3, -0.25) is 0 Å². The van der Waals surface area contributed by atoms with Gasteiger partial charge in [0.25, 0.3) is 5.92 Å². The second kappa shape index (κ2) is 5.30. The van der Waals surface area contributed by atoms with Crippen molar-refractivity contribution in [1.82, 2.24) is 0 Å². The Morgan fingerprint density at radius 2 is 1.80 bits per heavy atom. The third-order valence-electron chi connectivity index (χ3n) is 3.90. The van der Waals surface area contributed by atoms with Gasteiger partial charge < -0.3 is 0 Å². The molecule has 0 spiro atoms. The van der Waals surface area contributed by atoms with Crippen LogP contribution in [0.2, 0.25) is 0 Å². The average molecular weight is 320 g/mol. The molecule has 1 aliphatic rings. The summed E-state index contributed by atoms with van der Waals surface area (Å²) < 4.78 is 49.0. The SMILES string of the molecule is CC(SC[C@@H]1[C@@H](C)C1(F)F)c1ccc(S(C)(=O)=O)cc1. The molecule has 112 valence electrons. The quantitative estimate of drug-likeness (QED) is 0.828. The molecular formula is C14H18F2O2S2. The van der Waals surface area contributed by atoms with Crippen LogP contribution in [0.3, 0.4) is 0 Å². The van der Waals surface area contributed by atoms with Gasteiger partial charge in [-0.25, -0.2) is 17.2 Å². The van der Waals surface area contributed by atoms with E-state index in [1.807, 2.05) is 6.92 Å². The van der Waals surface area contributed by atoms with E-state index >= 15 is 0 Å². The molecule has 1 saturated carbocycles. The maximum atomic E-state index is 13.1. The van der Waals surface area contributed by atoms with E-state index in [0.29, 0.717) is 5.75 Å². The highest BCUT2D eigenvalue weighted by molar-refractivity contribution is 7.99. The van der Waals surface area contributed by atoms with Crippen LogP contribution in [0, 0.1) is 11.8 Å². The summed E-state index contributed by atoms with van der Waals surface area (Å²) in [6, 6.07) is 6.64. The third-order valence-corrected chi connectivity index (χ3v) is 6.35. The Hall–Kier alpha value is -0.620. The molecule has 1 fully saturated rings. The van der Waals surface area contributed by atoms with E-state index in [1.165, 1.54) is 11.8 Å². The molecule has 1 aromatic rings. The van der Waals surface area contributed by atoms with Gasteiger partial charge in [0.2, 0.25) is 0 Å². The van der Waals surface area contributed by atoms with Gasteiger partial charge in [0, 0.05) is 29.1 Å². The van der Waals surface area contributed by atoms with E-state index in [4.69, 9.17) is 0 Å². The minimum absolute atomic E-state index is 0.0761. The second-order valence-electron chi connectivity index (χ2n) is 5.39. The zero-order chi connectivity index (χ0) is 15.1. The lowest BCUT2D eigenvalue weighted by Crippen LogP contribution is -2.00. The van der Waals surface area contributed by atoms with Gasteiger partial charge in [-0.15, -0.1) is 0 Å². The van der Waals surface area contributed by atoms with Crippen LogP contribution >= 0.6 is 11.8 Å². The van der Waals surface area contributed by atoms with Crippen molar-refractivity contribution in [2.75, 3.05) is 12.0 Å². The standard InChI is InChI=1S/C14H18F2O2S2/c1-9-13(14(9,15)16)8-19-10(2)11-4-6-12(7-5-11)20(3,17)18/h4-7,9-10,13H,8H2,1-3H3/t9-,10?,13-/m1/s1. The minimum Gasteiger partial charge on any atom is -0.224 e. The first kappa shape index (κ1) is 15.8. The molecule has 6 heteroatoms. The van der Waals surface area contributed by atoms with Gasteiger partial charge in [-0.05, 0) is 24.6 Å². The van der Waals surface area contributed by atoms with Crippen molar-refractivity contribution < 1.29 is 17.2 Å². The number of rotatable bonds is 5. The summed E-state index contributed by atoms with van der Waals surface area (Å²) >= 11 is 1.49. The molecule has 0 saturated heterocycles. The summed E-state index contributed by atoms with van der Waals surface area (Å²) in [5, 5.41) is 0.0761. The van der Waals surface area contributed by atoms with Crippen LogP contribution in [0.1, 0.15) is 24.7 Å². The smallest absolute Gasteiger partial charge is 0.224 e. The van der Waals surface area contributed by atoms with E-state index < -0.39 is 27.6 Å². The largest absolute Gasteiger partial charge is 0.255 e. The lowest BCUT2D eigenvalue weighted by Gasteiger charge is -2.12. The van der Waals surface area contributed by atoms with E-state index in [0.717, 1.165) is 11.8 Å². The number of halogens is 2. The fourth-order valence-electron chi connectivity index (χ4n) is 2.15. The highest BCUT2D eigenvalue weighted by atomic mass is 32.2. The maximum absolute atomic E-state index is 13.1. The van der Waals surface area contributed by atoms with Gasteiger partial charge in [-0.2, -0.15) is 11.8 Å². The topological polar surface area (TPSA) is 34.1 Å². The molecular weight excluding hydrogens is 302 g/mol. The zero-order valence-electron chi connectivity index (χ0n) is 11.6. The predicted molar refractivity (Wildman–Crippen MR) is 78.0 cm³/mol. The molecule has 0 amide bonds. The van der Waals surface area contributed by atoms with Crippen LogP contribution in [0.4, 0.5) is 8.78 Å². The number of hydrogen-bond donors (Lipinski definition) is 0. The fraction of sp³-hybridized carbons (Fsp3) is 0.571. The van der Waals surface area contributed by atoms with Crippen molar-refractivity contribution >= 4 is 21.6 Å². The van der Waals surface area contributed by atoms with E-state index in [2.05, 4.69) is 0 Å². The fourth-order valence-corrected chi connectivity index (χ4v) is 4.13. The molecule has 1 unspecified atom stereocenters. The van der Waals surface area contributed by atoms with Gasteiger partial charge >= 0.3 is 0 Å². The molecule has 1 aromatic carbocycles. The summed E-state index contributed by atoms with van der Waals surface area (Å²) in [5.74, 6) is -3.12. The molecule has 3 atom stereocenters. The molecule has 2 nitrogen and oxygen atoms in total. The van der Waals surface area contributed by atoms with E-state index in [-0.39, 0.29) is 10.1 Å². The Balaban J connectivity index is 1.95. The molecule has 0 radical (unpaired) electrons. The van der Waals surface area contributed by atoms with Crippen LogP contribution < -0.4 is 0 Å². The zero-order valence-corrected chi connectivity index (χ0v) is 13.3. The number of sulfone groups is 1. The lowest BCUT2D eigenvalue weighted by atomic mass is 10.2. The molecule has 0 aliphatic heterocycles. The third kappa shape index (κ3) is 3.17. The number of alkyl halides is 2. The van der Waals surface area contributed by atoms with Crippen molar-refractivity contribution in [1.29, 1.82) is 0 Å². The van der Waals surface area contributed by atoms with Gasteiger partial charge in [0.1, 0.15) is 0 Å². The van der Waals surface area contributed by atoms with Gasteiger partial charge in [-0.1, -0.05) is 19.1 Å². The Morgan fingerprint density at radius 3 is 2.20 bits per heavy atom. The van der Waals surface area contributed by atoms with Crippen LogP contribution in [-0.4, -0.2) is 26.3 Å². The molecule has 0 bridgehead atoms. The Bertz CT molecular complexity index is 582. The van der Waals surface area contributed by atoms with Crippen molar-refractivity contribution in [3.05, 3.63) is 29.8 Å². The normalized spacial score (nSPS) is 26.2. The van der Waals surface area contributed by atoms with Crippen LogP contribution in [0.5, 0.6) is 0 Å². The highest BCUT2D eigenvalue weighted by Gasteiger charge is 2.64. The molecule has 1 aliphatic carbocycles. The Kier molecular flexibility index (Phi) is 4.17. The first-order valence-electron chi connectivity index (χ1n) is 6.43. The first-order valence-corrected chi connectivity index (χ1v) is 9.37. The Labute approximate surface area is 122 Å². The van der Waals surface area contributed by atoms with Crippen molar-refractivity contribution in [3.8, 4) is 0 Å². The summed E-state index contributed by atoms with van der Waals surface area (Å²) in [6.45, 7) is 3.53. The summed E-state index contributed by atoms with van der Waals surface area (Å²) in [4.78, 5) is 0.279. The van der Waals surface area contributed by atoms with Crippen LogP contribution in [-0.2, 0) is 9.84 Å². The van der Waals surface area contributed by atoms with Crippen LogP contribution in [0.25, 0.3) is 0 Å². The second-order valence-corrected chi connectivity index (χ2v) is 8.78. The van der Waals surface area contributed by atoms with Crippen molar-refractivity contribution in [2.45, 2.75) is 29.9 Å². The molecule has 0 N–H and O–H groups in total. The lowest BCUT2D eigenvalue weighted by molar-refractivity contribution is 0.0898. The van der Waals surface area contributed by atoms with Crippen LogP contribution in [0.15, 0.2) is 29.2 Å². The highest BCUT2D eigenvalue weighted by Crippen LogP contribution is 2.56. The molecule has 0 heterocycles. The van der Waals surface area contributed by atoms with Crippen molar-refractivity contribution in [2.24, 2.45) is 11.8 Å². The summed E-state index contributed by atoms with van der Waals surface area (Å²) in [5.41, 5.74) is 0.957. The number of hydrogen-bond acceptors (Lipinski definition) is 3. The van der Waals surface area contributed by atoms with Gasteiger partial charge in [0.05, 0.1) is 4.90 Å². The average Bonchev–Trinajstić information content (AvgIpc) is 2.84. The maximum Gasteiger partial charge on any atom is 0.255 e. The Morgan fingerprint density at radius 1 is 1.30 bits per heavy atom. The number of benzene rings is 1. The first-order chi connectivity index (χ1) is 9.14. The predicted octanol–water partition coefficient (Wildman–Crippen LogP) is 3.79. The molecule has 20 heavy (non-hydrogen) atoms. The monoisotopic (exact) mass is 320 g/mol. The van der Waals surface area contributed by atoms with E-state index in [9.17, 15) is 17.2 Å². The molecule has 2 rings (SSSR count). The summed E-state index contributed by atoms with van der Waals surface area (Å²) in [7, 11) is -3.19. The van der Waals surface area contributed by atoms with Crippen molar-refractivity contribution in [3.63, 3.8) is 0 Å². The minimum atomic E-state index is -3.19. The summed E-state index contributed by atoms with van der Waals surface area (Å²) in [6.07, 6.45) is 1.16. The number of thioether (sulfide) groups is 1.